The summed E-state index contributed by atoms with van der Waals surface area (Å²) in [6.45, 7) is 4.41. The van der Waals surface area contributed by atoms with E-state index >= 15 is 0 Å². The summed E-state index contributed by atoms with van der Waals surface area (Å²) in [5.74, 6) is -0.281. The first-order chi connectivity index (χ1) is 12.9. The average Bonchev–Trinajstić information content (AvgIpc) is 2.61. The lowest BCUT2D eigenvalue weighted by Crippen LogP contribution is -2.51. The lowest BCUT2D eigenvalue weighted by Gasteiger charge is -2.41. The molecule has 1 saturated heterocycles. The van der Waals surface area contributed by atoms with Gasteiger partial charge < -0.3 is 26.4 Å². The van der Waals surface area contributed by atoms with Crippen LogP contribution in [0.15, 0.2) is 24.3 Å². The fourth-order valence-electron chi connectivity index (χ4n) is 3.33. The predicted molar refractivity (Wildman–Crippen MR) is 116 cm³/mol. The Balaban J connectivity index is 1.80. The molecule has 0 aliphatic carbocycles. The highest BCUT2D eigenvalue weighted by molar-refractivity contribution is 14.1. The molecule has 1 aliphatic rings. The number of rotatable bonds is 5. The third-order valence-corrected chi connectivity index (χ3v) is 5.64. The number of anilines is 4. The van der Waals surface area contributed by atoms with E-state index in [1.807, 2.05) is 12.1 Å². The molecule has 144 valence electrons. The highest BCUT2D eigenvalue weighted by Crippen LogP contribution is 2.32. The number of carbonyl (C=O) groups is 1. The Labute approximate surface area is 171 Å². The van der Waals surface area contributed by atoms with Gasteiger partial charge in [0.05, 0.1) is 15.3 Å². The van der Waals surface area contributed by atoms with Crippen LogP contribution in [0.4, 0.5) is 23.1 Å². The highest BCUT2D eigenvalue weighted by Gasteiger charge is 2.28. The molecule has 9 heteroatoms. The van der Waals surface area contributed by atoms with Gasteiger partial charge in [0, 0.05) is 25.3 Å². The molecule has 1 unspecified atom stereocenters. The minimum atomic E-state index is -0.917. The number of aryl methyl sites for hydroxylation is 1. The number of carboxylic acids is 1. The van der Waals surface area contributed by atoms with E-state index in [1.54, 1.807) is 12.1 Å². The van der Waals surface area contributed by atoms with Gasteiger partial charge in [0.25, 0.3) is 0 Å². The molecular weight excluding hydrogens is 459 g/mol. The van der Waals surface area contributed by atoms with E-state index in [4.69, 9.17) is 16.6 Å². The summed E-state index contributed by atoms with van der Waals surface area (Å²) < 4.78 is 0.193. The third-order valence-electron chi connectivity index (χ3n) is 4.57. The molecule has 2 aromatic rings. The van der Waals surface area contributed by atoms with Gasteiger partial charge in [0.15, 0.2) is 5.82 Å². The molecule has 1 aromatic carbocycles. The maximum atomic E-state index is 11.0. The average molecular weight is 482 g/mol. The molecule has 8 nitrogen and oxygen atoms in total. The Morgan fingerprint density at radius 1 is 1.26 bits per heavy atom. The van der Waals surface area contributed by atoms with Gasteiger partial charge in [-0.1, -0.05) is 35.9 Å². The molecule has 0 saturated carbocycles. The van der Waals surface area contributed by atoms with Crippen molar-refractivity contribution in [1.29, 1.82) is 0 Å². The maximum Gasteiger partial charge on any atom is 0.335 e. The summed E-state index contributed by atoms with van der Waals surface area (Å²) >= 11 is 2.40. The smallest absolute Gasteiger partial charge is 0.335 e. The number of nitrogens with zero attached hydrogens (tertiary/aromatic N) is 4. The molecule has 1 atom stereocenters. The normalized spacial score (nSPS) is 17.2. The maximum absolute atomic E-state index is 11.0. The van der Waals surface area contributed by atoms with Gasteiger partial charge in [-0.3, -0.25) is 0 Å². The van der Waals surface area contributed by atoms with E-state index in [-0.39, 0.29) is 10.00 Å². The number of piperazine rings is 1. The Morgan fingerprint density at radius 3 is 2.56 bits per heavy atom. The molecular formula is C18H23IN6O2. The van der Waals surface area contributed by atoms with Gasteiger partial charge in [0.1, 0.15) is 5.69 Å². The first kappa shape index (κ1) is 19.5. The van der Waals surface area contributed by atoms with Crippen molar-refractivity contribution < 1.29 is 9.90 Å². The fraction of sp³-hybridized carbons (Fsp3) is 0.389. The van der Waals surface area contributed by atoms with Crippen molar-refractivity contribution in [2.45, 2.75) is 23.8 Å². The van der Waals surface area contributed by atoms with Crippen LogP contribution in [-0.2, 0) is 6.42 Å². The van der Waals surface area contributed by atoms with Gasteiger partial charge >= 0.3 is 5.97 Å². The van der Waals surface area contributed by atoms with Crippen LogP contribution >= 0.6 is 22.6 Å². The van der Waals surface area contributed by atoms with Gasteiger partial charge in [-0.25, -0.2) is 9.78 Å². The van der Waals surface area contributed by atoms with E-state index in [9.17, 15) is 4.79 Å². The van der Waals surface area contributed by atoms with Crippen molar-refractivity contribution in [2.24, 2.45) is 0 Å². The second-order valence-corrected chi connectivity index (χ2v) is 7.88. The molecule has 0 spiro atoms. The van der Waals surface area contributed by atoms with Gasteiger partial charge in [-0.2, -0.15) is 4.98 Å². The van der Waals surface area contributed by atoms with Crippen LogP contribution in [0.2, 0.25) is 0 Å². The quantitative estimate of drug-likeness (QED) is 0.338. The molecule has 0 radical (unpaired) electrons. The highest BCUT2D eigenvalue weighted by atomic mass is 127. The number of hydrogen-bond acceptors (Lipinski definition) is 7. The second-order valence-electron chi connectivity index (χ2n) is 6.44. The summed E-state index contributed by atoms with van der Waals surface area (Å²) in [4.78, 5) is 24.1. The molecule has 1 aliphatic heterocycles. The summed E-state index contributed by atoms with van der Waals surface area (Å²) in [5, 5.41) is 9.06. The standard InChI is InChI=1S/C18H23IN6O2/c1-2-3-13-15(16(20)23-18(21)22-13)24-8-9-25(14(19)10-24)12-6-4-11(5-7-12)17(26)27/h4-7,14H,2-3,8-10H2,1H3,(H,26,27)(H4,20,21,22,23). The zero-order valence-electron chi connectivity index (χ0n) is 15.1. The van der Waals surface area contributed by atoms with Gasteiger partial charge in [-0.05, 0) is 30.7 Å². The van der Waals surface area contributed by atoms with E-state index in [2.05, 4.69) is 49.3 Å². The van der Waals surface area contributed by atoms with Crippen LogP contribution in [0.25, 0.3) is 0 Å². The summed E-state index contributed by atoms with van der Waals surface area (Å²) in [5.41, 5.74) is 15.0. The molecule has 27 heavy (non-hydrogen) atoms. The Bertz CT molecular complexity index is 829. The minimum absolute atomic E-state index is 0.193. The number of benzene rings is 1. The minimum Gasteiger partial charge on any atom is -0.478 e. The van der Waals surface area contributed by atoms with E-state index in [1.165, 1.54) is 0 Å². The molecule has 1 aromatic heterocycles. The third kappa shape index (κ3) is 4.18. The van der Waals surface area contributed by atoms with Crippen LogP contribution in [0.3, 0.4) is 0 Å². The largest absolute Gasteiger partial charge is 0.478 e. The first-order valence-electron chi connectivity index (χ1n) is 8.81. The number of nitrogen functional groups attached to an aromatic ring is 2. The zero-order valence-corrected chi connectivity index (χ0v) is 17.3. The SMILES string of the molecule is CCCc1nc(N)nc(N)c1N1CCN(c2ccc(C(=O)O)cc2)C(I)C1. The van der Waals surface area contributed by atoms with Crippen LogP contribution < -0.4 is 21.3 Å². The van der Waals surface area contributed by atoms with E-state index < -0.39 is 5.97 Å². The lowest BCUT2D eigenvalue weighted by molar-refractivity contribution is 0.0697. The first-order valence-corrected chi connectivity index (χ1v) is 10.1. The number of carboxylic acid groups (broad SMARTS) is 1. The number of aromatic nitrogens is 2. The molecule has 0 bridgehead atoms. The Kier molecular flexibility index (Phi) is 5.88. The van der Waals surface area contributed by atoms with Crippen molar-refractivity contribution in [3.63, 3.8) is 0 Å². The number of halogens is 1. The van der Waals surface area contributed by atoms with E-state index in [0.29, 0.717) is 11.4 Å². The van der Waals surface area contributed by atoms with Crippen molar-refractivity contribution in [1.82, 2.24) is 9.97 Å². The topological polar surface area (TPSA) is 122 Å². The Morgan fingerprint density at radius 2 is 1.96 bits per heavy atom. The number of aromatic carboxylic acids is 1. The number of hydrogen-bond donors (Lipinski definition) is 3. The van der Waals surface area contributed by atoms with Crippen molar-refractivity contribution in [2.75, 3.05) is 40.9 Å². The fourth-order valence-corrected chi connectivity index (χ4v) is 4.40. The number of alkyl halides is 1. The van der Waals surface area contributed by atoms with Crippen LogP contribution in [0, 0.1) is 0 Å². The van der Waals surface area contributed by atoms with Crippen LogP contribution in [0.5, 0.6) is 0 Å². The molecule has 0 amide bonds. The van der Waals surface area contributed by atoms with Gasteiger partial charge in [0.2, 0.25) is 5.95 Å². The van der Waals surface area contributed by atoms with E-state index in [0.717, 1.165) is 49.5 Å². The van der Waals surface area contributed by atoms with Crippen LogP contribution in [0.1, 0.15) is 29.4 Å². The number of nitrogens with two attached hydrogens (primary N) is 2. The molecule has 1 fully saturated rings. The van der Waals surface area contributed by atoms with Crippen molar-refractivity contribution in [3.05, 3.63) is 35.5 Å². The monoisotopic (exact) mass is 482 g/mol. The van der Waals surface area contributed by atoms with Crippen LogP contribution in [-0.4, -0.2) is 44.7 Å². The Hall–Kier alpha value is -2.30. The predicted octanol–water partition coefficient (Wildman–Crippen LogP) is 2.38. The second kappa shape index (κ2) is 8.15. The van der Waals surface area contributed by atoms with Crippen molar-refractivity contribution >= 4 is 51.7 Å². The molecule has 3 rings (SSSR count). The van der Waals surface area contributed by atoms with Crippen molar-refractivity contribution in [3.8, 4) is 0 Å². The summed E-state index contributed by atoms with van der Waals surface area (Å²) in [7, 11) is 0. The van der Waals surface area contributed by atoms with Gasteiger partial charge in [-0.15, -0.1) is 0 Å². The summed E-state index contributed by atoms with van der Waals surface area (Å²) in [6.07, 6.45) is 1.75. The lowest BCUT2D eigenvalue weighted by atomic mass is 10.1. The summed E-state index contributed by atoms with van der Waals surface area (Å²) in [6, 6.07) is 6.99. The zero-order chi connectivity index (χ0) is 19.6. The molecule has 5 N–H and O–H groups in total. The molecule has 2 heterocycles.